The van der Waals surface area contributed by atoms with E-state index in [1.54, 1.807) is 30.7 Å². The highest BCUT2D eigenvalue weighted by Crippen LogP contribution is 2.33. The molecule has 7 nitrogen and oxygen atoms in total. The average Bonchev–Trinajstić information content (AvgIpc) is 3.22. The monoisotopic (exact) mass is 398 g/mol. The third kappa shape index (κ3) is 2.83. The number of hydrogen-bond donors (Lipinski definition) is 1. The van der Waals surface area contributed by atoms with Crippen LogP contribution >= 0.6 is 11.6 Å². The lowest BCUT2D eigenvalue weighted by molar-refractivity contribution is 0.853. The quantitative estimate of drug-likeness (QED) is 0.443. The van der Waals surface area contributed by atoms with Crippen molar-refractivity contribution in [3.05, 3.63) is 87.8 Å². The van der Waals surface area contributed by atoms with Gasteiger partial charge >= 0.3 is 0 Å². The molecule has 1 N–H and O–H groups in total. The molecule has 0 saturated carbocycles. The molecule has 5 rings (SSSR count). The van der Waals surface area contributed by atoms with Crippen LogP contribution < -0.4 is 5.43 Å². The van der Waals surface area contributed by atoms with Crippen molar-refractivity contribution < 1.29 is 0 Å². The molecule has 0 spiro atoms. The van der Waals surface area contributed by atoms with Crippen LogP contribution in [-0.4, -0.2) is 24.7 Å². The smallest absolute Gasteiger partial charge is 0.224 e. The minimum Gasteiger partial charge on any atom is -0.346 e. The highest BCUT2D eigenvalue weighted by atomic mass is 35.5. The molecule has 0 aliphatic carbocycles. The van der Waals surface area contributed by atoms with E-state index in [0.29, 0.717) is 38.6 Å². The van der Waals surface area contributed by atoms with E-state index in [1.165, 1.54) is 16.9 Å². The molecule has 0 saturated heterocycles. The van der Waals surface area contributed by atoms with Crippen molar-refractivity contribution in [3.63, 3.8) is 0 Å². The van der Waals surface area contributed by atoms with Crippen molar-refractivity contribution in [2.45, 2.75) is 0 Å². The fourth-order valence-corrected chi connectivity index (χ4v) is 3.54. The Morgan fingerprint density at radius 3 is 2.93 bits per heavy atom. The molecule has 0 fully saturated rings. The zero-order valence-electron chi connectivity index (χ0n) is 14.8. The molecular formula is C21H11ClN6O. The topological polar surface area (TPSA) is 80.8 Å². The molecular weight excluding hydrogens is 388 g/mol. The molecule has 5 aromatic rings. The summed E-state index contributed by atoms with van der Waals surface area (Å²) in [5.74, 6) is 0.480. The molecule has 0 aliphatic rings. The second-order valence-electron chi connectivity index (χ2n) is 6.39. The Morgan fingerprint density at radius 2 is 2.10 bits per heavy atom. The number of pyridine rings is 3. The first-order chi connectivity index (χ1) is 14.1. The van der Waals surface area contributed by atoms with Gasteiger partial charge in [-0.1, -0.05) is 17.7 Å². The highest BCUT2D eigenvalue weighted by Gasteiger charge is 2.16. The van der Waals surface area contributed by atoms with Gasteiger partial charge in [-0.3, -0.25) is 9.78 Å². The van der Waals surface area contributed by atoms with Gasteiger partial charge in [-0.15, -0.1) is 0 Å². The predicted molar refractivity (Wildman–Crippen MR) is 111 cm³/mol. The summed E-state index contributed by atoms with van der Waals surface area (Å²) >= 11 is 6.47. The van der Waals surface area contributed by atoms with Gasteiger partial charge in [0.05, 0.1) is 28.7 Å². The largest absolute Gasteiger partial charge is 0.346 e. The van der Waals surface area contributed by atoms with Crippen LogP contribution in [0, 0.1) is 6.57 Å². The molecule has 29 heavy (non-hydrogen) atoms. The Kier molecular flexibility index (Phi) is 3.86. The highest BCUT2D eigenvalue weighted by molar-refractivity contribution is 6.35. The number of aromatic nitrogens is 5. The minimum absolute atomic E-state index is 0.144. The summed E-state index contributed by atoms with van der Waals surface area (Å²) in [6.07, 6.45) is 6.29. The van der Waals surface area contributed by atoms with Crippen molar-refractivity contribution in [1.29, 1.82) is 0 Å². The molecule has 4 aromatic heterocycles. The van der Waals surface area contributed by atoms with Crippen molar-refractivity contribution in [2.75, 3.05) is 0 Å². The van der Waals surface area contributed by atoms with Gasteiger partial charge in [-0.25, -0.2) is 14.5 Å². The van der Waals surface area contributed by atoms with Crippen molar-refractivity contribution in [3.8, 4) is 16.9 Å². The first-order valence-corrected chi connectivity index (χ1v) is 9.01. The summed E-state index contributed by atoms with van der Waals surface area (Å²) in [4.78, 5) is 27.7. The van der Waals surface area contributed by atoms with Gasteiger partial charge in [0.15, 0.2) is 11.2 Å². The summed E-state index contributed by atoms with van der Waals surface area (Å²) in [5.41, 5.74) is 2.81. The normalized spacial score (nSPS) is 11.0. The number of benzene rings is 1. The molecule has 1 aromatic carbocycles. The molecule has 0 bridgehead atoms. The third-order valence-corrected chi connectivity index (χ3v) is 4.90. The van der Waals surface area contributed by atoms with E-state index in [4.69, 9.17) is 18.2 Å². The fourth-order valence-electron chi connectivity index (χ4n) is 3.26. The zero-order valence-corrected chi connectivity index (χ0v) is 15.6. The minimum atomic E-state index is -0.144. The van der Waals surface area contributed by atoms with E-state index in [9.17, 15) is 4.79 Å². The lowest BCUT2D eigenvalue weighted by atomic mass is 10.0. The van der Waals surface area contributed by atoms with E-state index < -0.39 is 0 Å². The summed E-state index contributed by atoms with van der Waals surface area (Å²) < 4.78 is 1.52. The molecule has 0 unspecified atom stereocenters. The van der Waals surface area contributed by atoms with Crippen LogP contribution in [0.2, 0.25) is 5.02 Å². The average molecular weight is 399 g/mol. The molecule has 8 heteroatoms. The maximum absolute atomic E-state index is 12.4. The molecule has 4 heterocycles. The molecule has 0 amide bonds. The second-order valence-corrected chi connectivity index (χ2v) is 6.79. The van der Waals surface area contributed by atoms with Crippen LogP contribution in [0.3, 0.4) is 0 Å². The van der Waals surface area contributed by atoms with Crippen LogP contribution in [0.5, 0.6) is 0 Å². The Balaban J connectivity index is 1.86. The SMILES string of the molecule is [C-]#[N+]c1cnn(-c2nc3[nH]ccc(=O)c3cc2-c2cc(Cl)c3ncccc3c2)c1. The number of rotatable bonds is 2. The van der Waals surface area contributed by atoms with Crippen LogP contribution in [0.1, 0.15) is 0 Å². The molecule has 138 valence electrons. The standard InChI is InChI=1S/C21H11ClN6O/c1-23-14-10-26-28(11-14)21-15(9-16-18(29)4-6-25-20(16)27-21)13-7-12-3-2-5-24-19(12)17(22)8-13/h2-11H,(H,25,27,29). The summed E-state index contributed by atoms with van der Waals surface area (Å²) in [6.45, 7) is 7.19. The van der Waals surface area contributed by atoms with Crippen molar-refractivity contribution >= 4 is 39.2 Å². The van der Waals surface area contributed by atoms with Gasteiger partial charge in [0, 0.05) is 35.6 Å². The number of H-pyrrole nitrogens is 1. The number of nitrogens with one attached hydrogen (secondary N) is 1. The number of nitrogens with zero attached hydrogens (tertiary/aromatic N) is 5. The third-order valence-electron chi connectivity index (χ3n) is 4.61. The fraction of sp³-hybridized carbons (Fsp3) is 0. The van der Waals surface area contributed by atoms with Gasteiger partial charge in [0.2, 0.25) is 5.69 Å². The van der Waals surface area contributed by atoms with E-state index in [2.05, 4.69) is 24.9 Å². The van der Waals surface area contributed by atoms with Crippen LogP contribution in [-0.2, 0) is 0 Å². The van der Waals surface area contributed by atoms with E-state index in [1.807, 2.05) is 18.2 Å². The van der Waals surface area contributed by atoms with E-state index in [0.717, 1.165) is 10.9 Å². The van der Waals surface area contributed by atoms with Gasteiger partial charge in [0.1, 0.15) is 5.65 Å². The van der Waals surface area contributed by atoms with Crippen LogP contribution in [0.25, 0.3) is 43.7 Å². The lowest BCUT2D eigenvalue weighted by Gasteiger charge is -2.12. The Bertz CT molecular complexity index is 1510. The predicted octanol–water partition coefficient (Wildman–Crippen LogP) is 4.53. The lowest BCUT2D eigenvalue weighted by Crippen LogP contribution is -2.07. The van der Waals surface area contributed by atoms with E-state index in [-0.39, 0.29) is 5.43 Å². The first kappa shape index (κ1) is 17.1. The molecule has 0 radical (unpaired) electrons. The summed E-state index contributed by atoms with van der Waals surface area (Å²) in [7, 11) is 0. The molecule has 0 atom stereocenters. The summed E-state index contributed by atoms with van der Waals surface area (Å²) in [5, 5.41) is 6.07. The second kappa shape index (κ2) is 6.55. The van der Waals surface area contributed by atoms with Gasteiger partial charge in [-0.05, 0) is 29.8 Å². The van der Waals surface area contributed by atoms with Crippen LogP contribution in [0.4, 0.5) is 5.69 Å². The Labute approximate surface area is 169 Å². The maximum Gasteiger partial charge on any atom is 0.224 e. The number of halogens is 1. The van der Waals surface area contributed by atoms with Crippen molar-refractivity contribution in [2.24, 2.45) is 0 Å². The maximum atomic E-state index is 12.4. The summed E-state index contributed by atoms with van der Waals surface area (Å²) in [6, 6.07) is 10.7. The van der Waals surface area contributed by atoms with Gasteiger partial charge < -0.3 is 4.98 Å². The van der Waals surface area contributed by atoms with Gasteiger partial charge in [-0.2, -0.15) is 5.10 Å². The number of fused-ring (bicyclic) bond motifs is 2. The van der Waals surface area contributed by atoms with Crippen molar-refractivity contribution in [1.82, 2.24) is 24.7 Å². The Hall–Kier alpha value is -4.02. The number of hydrogen-bond acceptors (Lipinski definition) is 4. The van der Waals surface area contributed by atoms with Crippen LogP contribution in [0.15, 0.2) is 66.0 Å². The van der Waals surface area contributed by atoms with Gasteiger partial charge in [0.25, 0.3) is 0 Å². The first-order valence-electron chi connectivity index (χ1n) is 8.63. The van der Waals surface area contributed by atoms with E-state index >= 15 is 0 Å². The Morgan fingerprint density at radius 1 is 1.21 bits per heavy atom. The zero-order chi connectivity index (χ0) is 20.0. The molecule has 0 aliphatic heterocycles. The number of aromatic amines is 1.